The fourth-order valence-electron chi connectivity index (χ4n) is 3.72. The molecule has 2 fully saturated rings. The highest BCUT2D eigenvalue weighted by molar-refractivity contribution is 5.98. The van der Waals surface area contributed by atoms with Gasteiger partial charge in [-0.15, -0.1) is 0 Å². The Labute approximate surface area is 138 Å². The van der Waals surface area contributed by atoms with Crippen LogP contribution in [0.2, 0.25) is 0 Å². The fourth-order valence-corrected chi connectivity index (χ4v) is 3.72. The van der Waals surface area contributed by atoms with Crippen molar-refractivity contribution in [1.82, 2.24) is 9.80 Å². The normalized spacial score (nSPS) is 21.5. The molecule has 2 amide bonds. The molecule has 2 aliphatic rings. The van der Waals surface area contributed by atoms with Crippen LogP contribution in [0.3, 0.4) is 0 Å². The molecule has 0 bridgehead atoms. The number of carbonyl (C=O) groups is 2. The molecule has 1 unspecified atom stereocenters. The van der Waals surface area contributed by atoms with Crippen molar-refractivity contribution in [2.75, 3.05) is 19.6 Å². The Morgan fingerprint density at radius 3 is 2.09 bits per heavy atom. The van der Waals surface area contributed by atoms with Crippen LogP contribution in [0.1, 0.15) is 66.2 Å². The van der Waals surface area contributed by atoms with E-state index in [0.717, 1.165) is 51.7 Å². The van der Waals surface area contributed by atoms with Gasteiger partial charge in [0.15, 0.2) is 0 Å². The van der Waals surface area contributed by atoms with Crippen LogP contribution in [0.4, 0.5) is 0 Å². The Morgan fingerprint density at radius 2 is 1.48 bits per heavy atom. The predicted octanol–water partition coefficient (Wildman–Crippen LogP) is 3.33. The first-order valence-corrected chi connectivity index (χ1v) is 8.91. The van der Waals surface area contributed by atoms with Gasteiger partial charge in [0.2, 0.25) is 0 Å². The number of carbonyl (C=O) groups excluding carboxylic acids is 2. The second-order valence-electron chi connectivity index (χ2n) is 6.63. The molecule has 0 saturated carbocycles. The maximum absolute atomic E-state index is 12.7. The Bertz CT molecular complexity index is 561. The summed E-state index contributed by atoms with van der Waals surface area (Å²) < 4.78 is 0. The van der Waals surface area contributed by atoms with Gasteiger partial charge in [-0.2, -0.15) is 0 Å². The highest BCUT2D eigenvalue weighted by Gasteiger charge is 2.26. The summed E-state index contributed by atoms with van der Waals surface area (Å²) >= 11 is 0. The standard InChI is InChI=1S/C19H26N2O2/c1-2-17-7-3-4-14-21(17)19(23)16-10-8-15(9-11-16)18(22)20-12-5-6-13-20/h8-11,17H,2-7,12-14H2,1H3. The third-order valence-electron chi connectivity index (χ3n) is 5.13. The monoisotopic (exact) mass is 314 g/mol. The van der Waals surface area contributed by atoms with Crippen molar-refractivity contribution in [3.8, 4) is 0 Å². The van der Waals surface area contributed by atoms with Gasteiger partial charge < -0.3 is 9.80 Å². The summed E-state index contributed by atoms with van der Waals surface area (Å²) in [6, 6.07) is 7.60. The molecule has 4 heteroatoms. The van der Waals surface area contributed by atoms with Gasteiger partial charge in [0.25, 0.3) is 11.8 Å². The molecule has 0 spiro atoms. The zero-order chi connectivity index (χ0) is 16.2. The molecular weight excluding hydrogens is 288 g/mol. The number of hydrogen-bond donors (Lipinski definition) is 0. The molecule has 1 atom stereocenters. The summed E-state index contributed by atoms with van der Waals surface area (Å²) in [6.45, 7) is 4.71. The molecule has 2 saturated heterocycles. The molecule has 2 heterocycles. The number of amides is 2. The van der Waals surface area contributed by atoms with Gasteiger partial charge in [-0.05, 0) is 62.8 Å². The summed E-state index contributed by atoms with van der Waals surface area (Å²) in [5.74, 6) is 0.197. The summed E-state index contributed by atoms with van der Waals surface area (Å²) in [6.07, 6.45) is 6.61. The van der Waals surface area contributed by atoms with Crippen molar-refractivity contribution in [1.29, 1.82) is 0 Å². The molecule has 1 aromatic carbocycles. The van der Waals surface area contributed by atoms with Crippen molar-refractivity contribution in [3.63, 3.8) is 0 Å². The minimum atomic E-state index is 0.0888. The van der Waals surface area contributed by atoms with Crippen molar-refractivity contribution < 1.29 is 9.59 Å². The zero-order valence-corrected chi connectivity index (χ0v) is 14.0. The third-order valence-corrected chi connectivity index (χ3v) is 5.13. The van der Waals surface area contributed by atoms with E-state index in [1.54, 1.807) is 12.1 Å². The fraction of sp³-hybridized carbons (Fsp3) is 0.579. The van der Waals surface area contributed by atoms with Crippen LogP contribution in [0.15, 0.2) is 24.3 Å². The van der Waals surface area contributed by atoms with Crippen LogP contribution >= 0.6 is 0 Å². The van der Waals surface area contributed by atoms with Crippen LogP contribution in [0.5, 0.6) is 0 Å². The second kappa shape index (κ2) is 7.16. The predicted molar refractivity (Wildman–Crippen MR) is 90.5 cm³/mol. The van der Waals surface area contributed by atoms with Crippen LogP contribution in [0.25, 0.3) is 0 Å². The molecule has 0 N–H and O–H groups in total. The average Bonchev–Trinajstić information content (AvgIpc) is 3.15. The minimum absolute atomic E-state index is 0.0888. The van der Waals surface area contributed by atoms with Gasteiger partial charge in [0, 0.05) is 36.8 Å². The third kappa shape index (κ3) is 3.41. The molecule has 124 valence electrons. The first-order valence-electron chi connectivity index (χ1n) is 8.91. The molecule has 0 radical (unpaired) electrons. The van der Waals surface area contributed by atoms with E-state index in [1.807, 2.05) is 21.9 Å². The van der Waals surface area contributed by atoms with E-state index in [1.165, 1.54) is 6.42 Å². The molecule has 0 aliphatic carbocycles. The van der Waals surface area contributed by atoms with E-state index >= 15 is 0 Å². The summed E-state index contributed by atoms with van der Waals surface area (Å²) in [7, 11) is 0. The lowest BCUT2D eigenvalue weighted by Gasteiger charge is -2.35. The average molecular weight is 314 g/mol. The Morgan fingerprint density at radius 1 is 0.913 bits per heavy atom. The van der Waals surface area contributed by atoms with E-state index < -0.39 is 0 Å². The van der Waals surface area contributed by atoms with Crippen LogP contribution in [0, 0.1) is 0 Å². The van der Waals surface area contributed by atoms with Crippen molar-refractivity contribution in [2.24, 2.45) is 0 Å². The van der Waals surface area contributed by atoms with E-state index in [2.05, 4.69) is 6.92 Å². The number of nitrogens with zero attached hydrogens (tertiary/aromatic N) is 2. The molecular formula is C19H26N2O2. The Kier molecular flexibility index (Phi) is 4.99. The quantitative estimate of drug-likeness (QED) is 0.858. The highest BCUT2D eigenvalue weighted by Crippen LogP contribution is 2.22. The highest BCUT2D eigenvalue weighted by atomic mass is 16.2. The topological polar surface area (TPSA) is 40.6 Å². The Hall–Kier alpha value is -1.84. The smallest absolute Gasteiger partial charge is 0.254 e. The summed E-state index contributed by atoms with van der Waals surface area (Å²) in [5, 5.41) is 0. The molecule has 0 aromatic heterocycles. The lowest BCUT2D eigenvalue weighted by atomic mass is 9.98. The van der Waals surface area contributed by atoms with Crippen LogP contribution in [-0.4, -0.2) is 47.3 Å². The lowest BCUT2D eigenvalue weighted by molar-refractivity contribution is 0.0607. The summed E-state index contributed by atoms with van der Waals surface area (Å²) in [5.41, 5.74) is 1.39. The van der Waals surface area contributed by atoms with E-state index in [0.29, 0.717) is 17.2 Å². The molecule has 1 aromatic rings. The maximum Gasteiger partial charge on any atom is 0.254 e. The van der Waals surface area contributed by atoms with Gasteiger partial charge in [-0.3, -0.25) is 9.59 Å². The van der Waals surface area contributed by atoms with E-state index in [-0.39, 0.29) is 11.8 Å². The van der Waals surface area contributed by atoms with Crippen LogP contribution in [-0.2, 0) is 0 Å². The molecule has 3 rings (SSSR count). The van der Waals surface area contributed by atoms with Crippen LogP contribution < -0.4 is 0 Å². The van der Waals surface area contributed by atoms with Gasteiger partial charge in [-0.25, -0.2) is 0 Å². The van der Waals surface area contributed by atoms with Gasteiger partial charge in [0.05, 0.1) is 0 Å². The number of benzene rings is 1. The molecule has 2 aliphatic heterocycles. The molecule has 23 heavy (non-hydrogen) atoms. The van der Waals surface area contributed by atoms with Gasteiger partial charge in [0.1, 0.15) is 0 Å². The van der Waals surface area contributed by atoms with Crippen molar-refractivity contribution >= 4 is 11.8 Å². The maximum atomic E-state index is 12.7. The van der Waals surface area contributed by atoms with Crippen molar-refractivity contribution in [3.05, 3.63) is 35.4 Å². The molecule has 4 nitrogen and oxygen atoms in total. The minimum Gasteiger partial charge on any atom is -0.339 e. The van der Waals surface area contributed by atoms with E-state index in [9.17, 15) is 9.59 Å². The largest absolute Gasteiger partial charge is 0.339 e. The van der Waals surface area contributed by atoms with E-state index in [4.69, 9.17) is 0 Å². The zero-order valence-electron chi connectivity index (χ0n) is 14.0. The van der Waals surface area contributed by atoms with Gasteiger partial charge in [-0.1, -0.05) is 6.92 Å². The Balaban J connectivity index is 1.71. The summed E-state index contributed by atoms with van der Waals surface area (Å²) in [4.78, 5) is 29.0. The first-order chi connectivity index (χ1) is 11.2. The number of rotatable bonds is 3. The lowest BCUT2D eigenvalue weighted by Crippen LogP contribution is -2.43. The number of likely N-dealkylation sites (tertiary alicyclic amines) is 2. The van der Waals surface area contributed by atoms with Crippen molar-refractivity contribution in [2.45, 2.75) is 51.5 Å². The first kappa shape index (κ1) is 16.0. The second-order valence-corrected chi connectivity index (χ2v) is 6.63. The number of piperidine rings is 1. The van der Waals surface area contributed by atoms with Gasteiger partial charge >= 0.3 is 0 Å². The SMILES string of the molecule is CCC1CCCCN1C(=O)c1ccc(C(=O)N2CCCC2)cc1. The number of hydrogen-bond acceptors (Lipinski definition) is 2.